The van der Waals surface area contributed by atoms with Crippen LogP contribution in [-0.2, 0) is 4.84 Å². The lowest BCUT2D eigenvalue weighted by Gasteiger charge is -2.54. The molecule has 3 nitrogen and oxygen atoms in total. The molecule has 1 aliphatic heterocycles. The predicted molar refractivity (Wildman–Crippen MR) is 84.3 cm³/mol. The fourth-order valence-corrected chi connectivity index (χ4v) is 2.88. The molecular weight excluding hydrogens is 250 g/mol. The number of hydrogen-bond acceptors (Lipinski definition) is 3. The van der Waals surface area contributed by atoms with E-state index in [4.69, 9.17) is 4.84 Å². The minimum Gasteiger partial charge on any atom is -0.376 e. The molecule has 0 aliphatic carbocycles. The van der Waals surface area contributed by atoms with Gasteiger partial charge >= 0.3 is 0 Å². The Kier molecular flexibility index (Phi) is 6.96. The highest BCUT2D eigenvalue weighted by atomic mass is 16.7. The molecule has 20 heavy (non-hydrogen) atoms. The van der Waals surface area contributed by atoms with E-state index < -0.39 is 6.23 Å². The normalized spacial score (nSPS) is 25.8. The Morgan fingerprint density at radius 2 is 1.65 bits per heavy atom. The average Bonchev–Trinajstić information content (AvgIpc) is 2.37. The van der Waals surface area contributed by atoms with Crippen LogP contribution in [0.5, 0.6) is 0 Å². The van der Waals surface area contributed by atoms with Gasteiger partial charge in [-0.05, 0) is 38.5 Å². The maximum atomic E-state index is 10.2. The SMILES string of the molecule is CCCCCCCCON1C(O)CCC(C)(C)C1(C)C. The molecule has 1 unspecified atom stereocenters. The fourth-order valence-electron chi connectivity index (χ4n) is 2.88. The minimum atomic E-state index is -0.460. The molecule has 3 heteroatoms. The zero-order valence-electron chi connectivity index (χ0n) is 14.2. The molecule has 120 valence electrons. The second kappa shape index (κ2) is 7.77. The lowest BCUT2D eigenvalue weighted by Crippen LogP contribution is -2.61. The molecule has 0 aromatic heterocycles. The highest BCUT2D eigenvalue weighted by Crippen LogP contribution is 2.45. The van der Waals surface area contributed by atoms with Crippen LogP contribution < -0.4 is 0 Å². The number of unbranched alkanes of at least 4 members (excludes halogenated alkanes) is 5. The van der Waals surface area contributed by atoms with Crippen molar-refractivity contribution in [2.45, 2.75) is 97.8 Å². The summed E-state index contributed by atoms with van der Waals surface area (Å²) in [6.45, 7) is 11.8. The number of aliphatic hydroxyl groups excluding tert-OH is 1. The summed E-state index contributed by atoms with van der Waals surface area (Å²) in [5.74, 6) is 0. The summed E-state index contributed by atoms with van der Waals surface area (Å²) in [5.41, 5.74) is 0.0280. The monoisotopic (exact) mass is 285 g/mol. The number of hydroxylamine groups is 2. The molecule has 0 aromatic rings. The summed E-state index contributed by atoms with van der Waals surface area (Å²) in [5, 5.41) is 12.1. The second-order valence-electron chi connectivity index (χ2n) is 7.39. The van der Waals surface area contributed by atoms with Gasteiger partial charge in [0.1, 0.15) is 6.23 Å². The zero-order chi connectivity index (χ0) is 15.2. The largest absolute Gasteiger partial charge is 0.376 e. The van der Waals surface area contributed by atoms with E-state index in [1.807, 2.05) is 5.06 Å². The summed E-state index contributed by atoms with van der Waals surface area (Å²) in [6.07, 6.45) is 8.96. The average molecular weight is 285 g/mol. The molecule has 0 amide bonds. The van der Waals surface area contributed by atoms with Gasteiger partial charge in [0.2, 0.25) is 0 Å². The second-order valence-corrected chi connectivity index (χ2v) is 7.39. The summed E-state index contributed by atoms with van der Waals surface area (Å²) < 4.78 is 0. The van der Waals surface area contributed by atoms with Gasteiger partial charge in [0.05, 0.1) is 6.61 Å². The van der Waals surface area contributed by atoms with Gasteiger partial charge in [0, 0.05) is 5.54 Å². The Morgan fingerprint density at radius 3 is 2.30 bits per heavy atom. The molecule has 1 heterocycles. The predicted octanol–water partition coefficient (Wildman–Crippen LogP) is 4.50. The van der Waals surface area contributed by atoms with Crippen LogP contribution in [0.2, 0.25) is 0 Å². The van der Waals surface area contributed by atoms with E-state index in [0.717, 1.165) is 25.9 Å². The number of rotatable bonds is 8. The lowest BCUT2D eigenvalue weighted by molar-refractivity contribution is -0.324. The van der Waals surface area contributed by atoms with Gasteiger partial charge < -0.3 is 5.11 Å². The van der Waals surface area contributed by atoms with Gasteiger partial charge in [-0.1, -0.05) is 52.9 Å². The van der Waals surface area contributed by atoms with E-state index >= 15 is 0 Å². The van der Waals surface area contributed by atoms with E-state index in [0.29, 0.717) is 0 Å². The van der Waals surface area contributed by atoms with Crippen LogP contribution >= 0.6 is 0 Å². The molecule has 0 bridgehead atoms. The summed E-state index contributed by atoms with van der Waals surface area (Å²) in [4.78, 5) is 5.94. The van der Waals surface area contributed by atoms with Crippen molar-refractivity contribution in [1.29, 1.82) is 0 Å². The molecule has 1 N–H and O–H groups in total. The van der Waals surface area contributed by atoms with Crippen molar-refractivity contribution in [2.75, 3.05) is 6.61 Å². The third-order valence-corrected chi connectivity index (χ3v) is 5.23. The Morgan fingerprint density at radius 1 is 1.05 bits per heavy atom. The number of nitrogens with zero attached hydrogens (tertiary/aromatic N) is 1. The quantitative estimate of drug-likeness (QED) is 0.667. The number of aliphatic hydroxyl groups is 1. The first-order valence-electron chi connectivity index (χ1n) is 8.43. The van der Waals surface area contributed by atoms with E-state index in [9.17, 15) is 5.11 Å². The summed E-state index contributed by atoms with van der Waals surface area (Å²) in [7, 11) is 0. The third kappa shape index (κ3) is 4.44. The van der Waals surface area contributed by atoms with Crippen LogP contribution in [0.15, 0.2) is 0 Å². The first-order valence-corrected chi connectivity index (χ1v) is 8.43. The number of piperidine rings is 1. The highest BCUT2D eigenvalue weighted by molar-refractivity contribution is 4.97. The fraction of sp³-hybridized carbons (Fsp3) is 1.00. The van der Waals surface area contributed by atoms with Gasteiger partial charge in [-0.3, -0.25) is 4.84 Å². The Hall–Kier alpha value is -0.120. The minimum absolute atomic E-state index is 0.132. The van der Waals surface area contributed by atoms with E-state index in [2.05, 4.69) is 34.6 Å². The van der Waals surface area contributed by atoms with Crippen molar-refractivity contribution in [3.05, 3.63) is 0 Å². The van der Waals surface area contributed by atoms with Gasteiger partial charge in [0.25, 0.3) is 0 Å². The molecule has 0 saturated carbocycles. The van der Waals surface area contributed by atoms with Crippen molar-refractivity contribution in [3.63, 3.8) is 0 Å². The van der Waals surface area contributed by atoms with Crippen molar-refractivity contribution in [1.82, 2.24) is 5.06 Å². The Bertz CT molecular complexity index is 276. The lowest BCUT2D eigenvalue weighted by atomic mass is 9.68. The molecule has 1 atom stereocenters. The van der Waals surface area contributed by atoms with Crippen molar-refractivity contribution >= 4 is 0 Å². The molecule has 1 fully saturated rings. The molecular formula is C17H35NO2. The van der Waals surface area contributed by atoms with E-state index in [-0.39, 0.29) is 11.0 Å². The van der Waals surface area contributed by atoms with Crippen LogP contribution in [0.1, 0.15) is 86.0 Å². The molecule has 0 radical (unpaired) electrons. The highest BCUT2D eigenvalue weighted by Gasteiger charge is 2.48. The maximum absolute atomic E-state index is 10.2. The summed E-state index contributed by atoms with van der Waals surface area (Å²) >= 11 is 0. The number of hydrogen-bond donors (Lipinski definition) is 1. The van der Waals surface area contributed by atoms with Crippen molar-refractivity contribution < 1.29 is 9.94 Å². The Labute approximate surface area is 125 Å². The van der Waals surface area contributed by atoms with Gasteiger partial charge in [-0.25, -0.2) is 0 Å². The van der Waals surface area contributed by atoms with Crippen LogP contribution in [0, 0.1) is 5.41 Å². The van der Waals surface area contributed by atoms with Gasteiger partial charge in [-0.15, -0.1) is 0 Å². The van der Waals surface area contributed by atoms with E-state index in [1.165, 1.54) is 32.1 Å². The molecule has 1 rings (SSSR count). The van der Waals surface area contributed by atoms with E-state index in [1.54, 1.807) is 0 Å². The van der Waals surface area contributed by atoms with Crippen LogP contribution in [0.4, 0.5) is 0 Å². The Balaban J connectivity index is 2.33. The molecule has 1 saturated heterocycles. The first kappa shape index (κ1) is 17.9. The van der Waals surface area contributed by atoms with Gasteiger partial charge in [-0.2, -0.15) is 5.06 Å². The maximum Gasteiger partial charge on any atom is 0.130 e. The molecule has 1 aliphatic rings. The standard InChI is InChI=1S/C17H35NO2/c1-6-7-8-9-10-11-14-20-18-15(19)12-13-16(2,3)17(18,4)5/h15,19H,6-14H2,1-5H3. The molecule has 0 spiro atoms. The van der Waals surface area contributed by atoms with Crippen molar-refractivity contribution in [2.24, 2.45) is 5.41 Å². The summed E-state index contributed by atoms with van der Waals surface area (Å²) in [6, 6.07) is 0. The van der Waals surface area contributed by atoms with Crippen LogP contribution in [0.3, 0.4) is 0 Å². The van der Waals surface area contributed by atoms with Crippen molar-refractivity contribution in [3.8, 4) is 0 Å². The topological polar surface area (TPSA) is 32.7 Å². The first-order chi connectivity index (χ1) is 9.33. The molecule has 0 aromatic carbocycles. The van der Waals surface area contributed by atoms with Crippen LogP contribution in [-0.4, -0.2) is 28.5 Å². The van der Waals surface area contributed by atoms with Gasteiger partial charge in [0.15, 0.2) is 0 Å². The van der Waals surface area contributed by atoms with Crippen LogP contribution in [0.25, 0.3) is 0 Å². The zero-order valence-corrected chi connectivity index (χ0v) is 14.2. The third-order valence-electron chi connectivity index (χ3n) is 5.23. The smallest absolute Gasteiger partial charge is 0.130 e.